The molecule has 114 valence electrons. The molecule has 0 aromatic carbocycles. The first kappa shape index (κ1) is 16.9. The van der Waals surface area contributed by atoms with Gasteiger partial charge in [0.25, 0.3) is 0 Å². The quantitative estimate of drug-likeness (QED) is 0.747. The van der Waals surface area contributed by atoms with Crippen molar-refractivity contribution in [2.75, 3.05) is 18.0 Å². The maximum atomic E-state index is 14.6. The fourth-order valence-electron chi connectivity index (χ4n) is 2.15. The number of pyridine rings is 1. The molecule has 0 saturated carbocycles. The van der Waals surface area contributed by atoms with E-state index in [-0.39, 0.29) is 5.82 Å². The van der Waals surface area contributed by atoms with Gasteiger partial charge in [0.15, 0.2) is 11.6 Å². The molecule has 3 nitrogen and oxygen atoms in total. The number of rotatable bonds is 9. The molecule has 1 unspecified atom stereocenters. The third-order valence-electron chi connectivity index (χ3n) is 3.66. The van der Waals surface area contributed by atoms with E-state index in [2.05, 4.69) is 36.0 Å². The van der Waals surface area contributed by atoms with Crippen LogP contribution in [0.2, 0.25) is 0 Å². The summed E-state index contributed by atoms with van der Waals surface area (Å²) in [4.78, 5) is 6.40. The van der Waals surface area contributed by atoms with E-state index in [0.717, 1.165) is 32.4 Å². The largest absolute Gasteiger partial charge is 0.351 e. The highest BCUT2D eigenvalue weighted by molar-refractivity contribution is 5.44. The third-order valence-corrected chi connectivity index (χ3v) is 3.66. The molecule has 1 rings (SSSR count). The maximum absolute atomic E-state index is 14.6. The van der Waals surface area contributed by atoms with Gasteiger partial charge in [-0.1, -0.05) is 27.2 Å². The van der Waals surface area contributed by atoms with E-state index in [4.69, 9.17) is 0 Å². The monoisotopic (exact) mass is 281 g/mol. The minimum Gasteiger partial charge on any atom is -0.351 e. The fourth-order valence-corrected chi connectivity index (χ4v) is 2.15. The summed E-state index contributed by atoms with van der Waals surface area (Å²) in [5.41, 5.74) is 0.696. The van der Waals surface area contributed by atoms with Gasteiger partial charge in [0.05, 0.1) is 0 Å². The summed E-state index contributed by atoms with van der Waals surface area (Å²) in [6, 6.07) is 2.06. The molecule has 0 bridgehead atoms. The Bertz CT molecular complexity index is 395. The van der Waals surface area contributed by atoms with Crippen LogP contribution in [0.5, 0.6) is 0 Å². The minimum atomic E-state index is -0.176. The highest BCUT2D eigenvalue weighted by atomic mass is 19.1. The van der Waals surface area contributed by atoms with Crippen molar-refractivity contribution >= 4 is 5.82 Å². The molecule has 4 heteroatoms. The Labute approximate surface area is 122 Å². The van der Waals surface area contributed by atoms with Gasteiger partial charge in [-0.15, -0.1) is 0 Å². The molecule has 0 saturated heterocycles. The van der Waals surface area contributed by atoms with Gasteiger partial charge in [-0.05, 0) is 32.4 Å². The van der Waals surface area contributed by atoms with Crippen LogP contribution in [0.15, 0.2) is 12.3 Å². The maximum Gasteiger partial charge on any atom is 0.170 e. The summed E-state index contributed by atoms with van der Waals surface area (Å²) in [6.07, 6.45) is 4.86. The number of unbranched alkanes of at least 4 members (excludes halogenated alkanes) is 1. The zero-order valence-corrected chi connectivity index (χ0v) is 13.2. The number of halogens is 1. The molecule has 1 aromatic rings. The number of anilines is 1. The Morgan fingerprint density at radius 3 is 2.70 bits per heavy atom. The van der Waals surface area contributed by atoms with Gasteiger partial charge < -0.3 is 10.2 Å². The van der Waals surface area contributed by atoms with Crippen LogP contribution in [0.3, 0.4) is 0 Å². The van der Waals surface area contributed by atoms with Crippen molar-refractivity contribution in [1.82, 2.24) is 10.3 Å². The van der Waals surface area contributed by atoms with E-state index in [1.54, 1.807) is 12.3 Å². The average Bonchev–Trinajstić information content (AvgIpc) is 2.47. The molecule has 1 aromatic heterocycles. The van der Waals surface area contributed by atoms with Crippen molar-refractivity contribution in [1.29, 1.82) is 0 Å². The van der Waals surface area contributed by atoms with Crippen LogP contribution in [0.25, 0.3) is 0 Å². The summed E-state index contributed by atoms with van der Waals surface area (Å²) < 4.78 is 14.6. The van der Waals surface area contributed by atoms with Gasteiger partial charge in [0.1, 0.15) is 0 Å². The van der Waals surface area contributed by atoms with Gasteiger partial charge in [0.2, 0.25) is 0 Å². The number of nitrogens with zero attached hydrogens (tertiary/aromatic N) is 2. The zero-order chi connectivity index (χ0) is 15.0. The molecule has 20 heavy (non-hydrogen) atoms. The molecule has 0 spiro atoms. The lowest BCUT2D eigenvalue weighted by atomic mass is 10.1. The van der Waals surface area contributed by atoms with Crippen LogP contribution < -0.4 is 10.2 Å². The van der Waals surface area contributed by atoms with Crippen LogP contribution in [0.1, 0.15) is 52.5 Å². The first-order valence-corrected chi connectivity index (χ1v) is 7.76. The molecular formula is C16H28FN3. The first-order chi connectivity index (χ1) is 9.65. The van der Waals surface area contributed by atoms with Gasteiger partial charge in [-0.2, -0.15) is 0 Å². The van der Waals surface area contributed by atoms with Crippen molar-refractivity contribution in [3.8, 4) is 0 Å². The van der Waals surface area contributed by atoms with Crippen LogP contribution in [-0.2, 0) is 6.54 Å². The Kier molecular flexibility index (Phi) is 7.52. The van der Waals surface area contributed by atoms with Crippen LogP contribution in [-0.4, -0.2) is 24.1 Å². The lowest BCUT2D eigenvalue weighted by Gasteiger charge is -2.30. The number of aromatic nitrogens is 1. The molecule has 0 aliphatic carbocycles. The molecule has 1 N–H and O–H groups in total. The topological polar surface area (TPSA) is 28.2 Å². The van der Waals surface area contributed by atoms with Crippen molar-refractivity contribution in [3.05, 3.63) is 23.6 Å². The number of hydrogen-bond acceptors (Lipinski definition) is 3. The number of nitrogens with one attached hydrogen (secondary N) is 1. The zero-order valence-electron chi connectivity index (χ0n) is 13.2. The normalized spacial score (nSPS) is 12.4. The summed E-state index contributed by atoms with van der Waals surface area (Å²) >= 11 is 0. The number of hydrogen-bond donors (Lipinski definition) is 1. The Morgan fingerprint density at radius 2 is 2.10 bits per heavy atom. The standard InChI is InChI=1S/C16H28FN3/c1-5-8-11-20(13(4)6-2)16-15(17)14(9-10-19-16)12-18-7-3/h9-10,13,18H,5-8,11-12H2,1-4H3. The Balaban J connectivity index is 2.99. The van der Waals surface area contributed by atoms with Crippen LogP contribution in [0.4, 0.5) is 10.2 Å². The van der Waals surface area contributed by atoms with Crippen LogP contribution >= 0.6 is 0 Å². The smallest absolute Gasteiger partial charge is 0.170 e. The molecule has 0 fully saturated rings. The second-order valence-corrected chi connectivity index (χ2v) is 5.19. The van der Waals surface area contributed by atoms with Crippen LogP contribution in [0, 0.1) is 5.82 Å². The van der Waals surface area contributed by atoms with Crippen molar-refractivity contribution in [3.63, 3.8) is 0 Å². The highest BCUT2D eigenvalue weighted by Gasteiger charge is 2.19. The Morgan fingerprint density at radius 1 is 1.35 bits per heavy atom. The average molecular weight is 281 g/mol. The van der Waals surface area contributed by atoms with E-state index in [0.29, 0.717) is 24.0 Å². The molecule has 0 amide bonds. The van der Waals surface area contributed by atoms with E-state index >= 15 is 0 Å². The van der Waals surface area contributed by atoms with Crippen molar-refractivity contribution < 1.29 is 4.39 Å². The third kappa shape index (κ3) is 4.44. The van der Waals surface area contributed by atoms with E-state index < -0.39 is 0 Å². The Hall–Kier alpha value is -1.16. The van der Waals surface area contributed by atoms with Gasteiger partial charge >= 0.3 is 0 Å². The van der Waals surface area contributed by atoms with E-state index in [9.17, 15) is 4.39 Å². The lowest BCUT2D eigenvalue weighted by molar-refractivity contribution is 0.543. The molecular weight excluding hydrogens is 253 g/mol. The molecule has 0 aliphatic rings. The molecule has 0 aliphatic heterocycles. The second kappa shape index (κ2) is 8.90. The van der Waals surface area contributed by atoms with Gasteiger partial charge in [0, 0.05) is 30.9 Å². The predicted octanol–water partition coefficient (Wildman–Crippen LogP) is 3.74. The van der Waals surface area contributed by atoms with E-state index in [1.165, 1.54) is 0 Å². The summed E-state index contributed by atoms with van der Waals surface area (Å²) in [5.74, 6) is 0.327. The van der Waals surface area contributed by atoms with Gasteiger partial charge in [-0.25, -0.2) is 9.37 Å². The predicted molar refractivity (Wildman–Crippen MR) is 83.6 cm³/mol. The lowest BCUT2D eigenvalue weighted by Crippen LogP contribution is -2.35. The summed E-state index contributed by atoms with van der Waals surface area (Å²) in [5, 5.41) is 3.17. The summed E-state index contributed by atoms with van der Waals surface area (Å²) in [7, 11) is 0. The highest BCUT2D eigenvalue weighted by Crippen LogP contribution is 2.23. The fraction of sp³-hybridized carbons (Fsp3) is 0.688. The van der Waals surface area contributed by atoms with Crippen molar-refractivity contribution in [2.45, 2.75) is 59.5 Å². The SMILES string of the molecule is CCCCN(c1nccc(CNCC)c1F)C(C)CC. The molecule has 1 atom stereocenters. The first-order valence-electron chi connectivity index (χ1n) is 7.76. The van der Waals surface area contributed by atoms with Gasteiger partial charge in [-0.3, -0.25) is 0 Å². The molecule has 1 heterocycles. The minimum absolute atomic E-state index is 0.176. The van der Waals surface area contributed by atoms with E-state index in [1.807, 2.05) is 6.92 Å². The summed E-state index contributed by atoms with van der Waals surface area (Å²) in [6.45, 7) is 10.7. The van der Waals surface area contributed by atoms with Crippen molar-refractivity contribution in [2.24, 2.45) is 0 Å². The molecule has 0 radical (unpaired) electrons. The second-order valence-electron chi connectivity index (χ2n) is 5.19.